The lowest BCUT2D eigenvalue weighted by Crippen LogP contribution is -2.19. The van der Waals surface area contributed by atoms with Crippen molar-refractivity contribution in [3.05, 3.63) is 71.5 Å². The first-order chi connectivity index (χ1) is 13.0. The second-order valence-corrected chi connectivity index (χ2v) is 6.10. The summed E-state index contributed by atoms with van der Waals surface area (Å²) >= 11 is 5.89. The van der Waals surface area contributed by atoms with E-state index in [0.717, 1.165) is 0 Å². The van der Waals surface area contributed by atoms with Gasteiger partial charge in [-0.05, 0) is 42.5 Å². The number of ether oxygens (including phenoxy) is 1. The Morgan fingerprint density at radius 2 is 1.89 bits per heavy atom. The van der Waals surface area contributed by atoms with Crippen molar-refractivity contribution < 1.29 is 14.3 Å². The molecule has 0 spiro atoms. The number of nitrogens with zero attached hydrogens (tertiary/aromatic N) is 2. The van der Waals surface area contributed by atoms with Crippen LogP contribution in [-0.4, -0.2) is 28.7 Å². The minimum atomic E-state index is -0.306. The maximum Gasteiger partial charge on any atom is 0.255 e. The van der Waals surface area contributed by atoms with Gasteiger partial charge in [0.1, 0.15) is 12.3 Å². The highest BCUT2D eigenvalue weighted by Gasteiger charge is 2.10. The number of carbonyl (C=O) groups excluding carboxylic acids is 2. The Bertz CT molecular complexity index is 954. The number of benzene rings is 2. The fourth-order valence-corrected chi connectivity index (χ4v) is 2.56. The van der Waals surface area contributed by atoms with Crippen LogP contribution in [0.4, 0.5) is 11.4 Å². The van der Waals surface area contributed by atoms with Crippen LogP contribution in [0.15, 0.2) is 60.9 Å². The van der Waals surface area contributed by atoms with E-state index in [1.54, 1.807) is 61.8 Å². The highest BCUT2D eigenvalue weighted by Crippen LogP contribution is 2.15. The molecule has 7 nitrogen and oxygen atoms in total. The van der Waals surface area contributed by atoms with Gasteiger partial charge in [-0.15, -0.1) is 0 Å². The lowest BCUT2D eigenvalue weighted by Gasteiger charge is -2.06. The molecule has 2 aromatic carbocycles. The van der Waals surface area contributed by atoms with Crippen LogP contribution >= 0.6 is 11.6 Å². The molecule has 0 fully saturated rings. The molecule has 0 atom stereocenters. The van der Waals surface area contributed by atoms with Crippen LogP contribution in [0.5, 0.6) is 5.75 Å². The van der Waals surface area contributed by atoms with Crippen molar-refractivity contribution in [1.29, 1.82) is 0 Å². The normalized spacial score (nSPS) is 10.3. The summed E-state index contributed by atoms with van der Waals surface area (Å²) in [4.78, 5) is 24.3. The molecule has 27 heavy (non-hydrogen) atoms. The van der Waals surface area contributed by atoms with Crippen molar-refractivity contribution in [3.63, 3.8) is 0 Å². The van der Waals surface area contributed by atoms with Gasteiger partial charge in [0.2, 0.25) is 5.91 Å². The van der Waals surface area contributed by atoms with Gasteiger partial charge in [0.05, 0.1) is 19.0 Å². The van der Waals surface area contributed by atoms with Crippen molar-refractivity contribution >= 4 is 34.8 Å². The monoisotopic (exact) mass is 384 g/mol. The van der Waals surface area contributed by atoms with E-state index >= 15 is 0 Å². The van der Waals surface area contributed by atoms with Gasteiger partial charge < -0.3 is 15.4 Å². The smallest absolute Gasteiger partial charge is 0.255 e. The molecule has 138 valence electrons. The summed E-state index contributed by atoms with van der Waals surface area (Å²) in [6.07, 6.45) is 3.05. The second-order valence-electron chi connectivity index (χ2n) is 5.67. The van der Waals surface area contributed by atoms with E-state index in [-0.39, 0.29) is 18.4 Å². The largest absolute Gasteiger partial charge is 0.497 e. The van der Waals surface area contributed by atoms with Gasteiger partial charge in [-0.25, -0.2) is 0 Å². The summed E-state index contributed by atoms with van der Waals surface area (Å²) in [7, 11) is 1.58. The zero-order valence-corrected chi connectivity index (χ0v) is 15.2. The minimum Gasteiger partial charge on any atom is -0.497 e. The van der Waals surface area contributed by atoms with E-state index in [9.17, 15) is 9.59 Å². The molecule has 0 aliphatic carbocycles. The van der Waals surface area contributed by atoms with Crippen LogP contribution in [0.25, 0.3) is 0 Å². The first-order valence-electron chi connectivity index (χ1n) is 8.07. The highest BCUT2D eigenvalue weighted by molar-refractivity contribution is 6.31. The number of hydrogen-bond donors (Lipinski definition) is 2. The molecule has 0 radical (unpaired) electrons. The molecular weight excluding hydrogens is 368 g/mol. The topological polar surface area (TPSA) is 85.2 Å². The summed E-state index contributed by atoms with van der Waals surface area (Å²) in [5.74, 6) is 0.163. The molecule has 8 heteroatoms. The van der Waals surface area contributed by atoms with Crippen LogP contribution in [0.1, 0.15) is 10.4 Å². The zero-order valence-electron chi connectivity index (χ0n) is 14.5. The van der Waals surface area contributed by atoms with Crippen molar-refractivity contribution in [2.45, 2.75) is 6.54 Å². The Morgan fingerprint density at radius 3 is 2.59 bits per heavy atom. The Kier molecular flexibility index (Phi) is 5.73. The van der Waals surface area contributed by atoms with Crippen LogP contribution in [-0.2, 0) is 11.3 Å². The molecule has 0 unspecified atom stereocenters. The SMILES string of the molecule is COc1ccc(NC(=O)Cn2cc(NC(=O)c3cccc(Cl)c3)cn2)cc1. The van der Waals surface area contributed by atoms with E-state index < -0.39 is 0 Å². The molecule has 0 bridgehead atoms. The summed E-state index contributed by atoms with van der Waals surface area (Å²) in [5, 5.41) is 10.0. The maximum absolute atomic E-state index is 12.2. The van der Waals surface area contributed by atoms with Crippen molar-refractivity contribution in [2.75, 3.05) is 17.7 Å². The Labute approximate surface area is 160 Å². The van der Waals surface area contributed by atoms with Gasteiger partial charge in [-0.1, -0.05) is 17.7 Å². The standard InChI is InChI=1S/C19H17ClN4O3/c1-27-17-7-5-15(6-8-17)22-18(25)12-24-11-16(10-21-24)23-19(26)13-3-2-4-14(20)9-13/h2-11H,12H2,1H3,(H,22,25)(H,23,26). The number of nitrogens with one attached hydrogen (secondary N) is 2. The third-order valence-electron chi connectivity index (χ3n) is 3.66. The van der Waals surface area contributed by atoms with E-state index in [1.807, 2.05) is 0 Å². The fourth-order valence-electron chi connectivity index (χ4n) is 2.37. The molecule has 0 aliphatic heterocycles. The first kappa shape index (κ1) is 18.5. The number of methoxy groups -OCH3 is 1. The number of carbonyl (C=O) groups is 2. The van der Waals surface area contributed by atoms with Crippen LogP contribution < -0.4 is 15.4 Å². The Hall–Kier alpha value is -3.32. The average Bonchev–Trinajstić information content (AvgIpc) is 3.09. The number of amides is 2. The van der Waals surface area contributed by atoms with Gasteiger partial charge >= 0.3 is 0 Å². The Balaban J connectivity index is 1.56. The second kappa shape index (κ2) is 8.37. The summed E-state index contributed by atoms with van der Waals surface area (Å²) < 4.78 is 6.51. The third-order valence-corrected chi connectivity index (χ3v) is 3.89. The van der Waals surface area contributed by atoms with Crippen molar-refractivity contribution in [3.8, 4) is 5.75 Å². The fraction of sp³-hybridized carbons (Fsp3) is 0.105. The number of aromatic nitrogens is 2. The molecular formula is C19H17ClN4O3. The Morgan fingerprint density at radius 1 is 1.11 bits per heavy atom. The molecule has 2 N–H and O–H groups in total. The predicted molar refractivity (Wildman–Crippen MR) is 103 cm³/mol. The van der Waals surface area contributed by atoms with E-state index in [0.29, 0.717) is 27.7 Å². The molecule has 2 amide bonds. The predicted octanol–water partition coefficient (Wildman–Crippen LogP) is 3.44. The van der Waals surface area contributed by atoms with E-state index in [2.05, 4.69) is 15.7 Å². The maximum atomic E-state index is 12.2. The van der Waals surface area contributed by atoms with Gasteiger partial charge in [0.15, 0.2) is 0 Å². The summed E-state index contributed by atoms with van der Waals surface area (Å²) in [5.41, 5.74) is 1.58. The van der Waals surface area contributed by atoms with Gasteiger partial charge in [-0.3, -0.25) is 14.3 Å². The molecule has 1 heterocycles. The van der Waals surface area contributed by atoms with Crippen molar-refractivity contribution in [2.24, 2.45) is 0 Å². The highest BCUT2D eigenvalue weighted by atomic mass is 35.5. The number of hydrogen-bond acceptors (Lipinski definition) is 4. The lowest BCUT2D eigenvalue weighted by atomic mass is 10.2. The third kappa shape index (κ3) is 5.08. The average molecular weight is 385 g/mol. The zero-order chi connectivity index (χ0) is 19.2. The number of anilines is 2. The van der Waals surface area contributed by atoms with Gasteiger partial charge in [0, 0.05) is 22.5 Å². The van der Waals surface area contributed by atoms with Crippen LogP contribution in [0, 0.1) is 0 Å². The van der Waals surface area contributed by atoms with Gasteiger partial charge in [0.25, 0.3) is 5.91 Å². The van der Waals surface area contributed by atoms with E-state index in [1.165, 1.54) is 10.9 Å². The molecule has 1 aromatic heterocycles. The van der Waals surface area contributed by atoms with Crippen LogP contribution in [0.3, 0.4) is 0 Å². The molecule has 0 saturated carbocycles. The molecule has 3 rings (SSSR count). The minimum absolute atomic E-state index is 0.0130. The summed E-state index contributed by atoms with van der Waals surface area (Å²) in [6, 6.07) is 13.6. The molecule has 0 aliphatic rings. The number of rotatable bonds is 6. The van der Waals surface area contributed by atoms with Gasteiger partial charge in [-0.2, -0.15) is 5.10 Å². The quantitative estimate of drug-likeness (QED) is 0.681. The molecule has 3 aromatic rings. The molecule has 0 saturated heterocycles. The van der Waals surface area contributed by atoms with Crippen LogP contribution in [0.2, 0.25) is 5.02 Å². The van der Waals surface area contributed by atoms with Crippen molar-refractivity contribution in [1.82, 2.24) is 9.78 Å². The lowest BCUT2D eigenvalue weighted by molar-refractivity contribution is -0.116. The summed E-state index contributed by atoms with van der Waals surface area (Å²) in [6.45, 7) is 0.0130. The van der Waals surface area contributed by atoms with E-state index in [4.69, 9.17) is 16.3 Å². The number of halogens is 1. The first-order valence-corrected chi connectivity index (χ1v) is 8.44.